The van der Waals surface area contributed by atoms with Gasteiger partial charge in [0.1, 0.15) is 0 Å². The van der Waals surface area contributed by atoms with Crippen LogP contribution < -0.4 is 5.73 Å². The highest BCUT2D eigenvalue weighted by Gasteiger charge is 2.21. The fraction of sp³-hybridized carbons (Fsp3) is 0.400. The molecule has 0 aliphatic rings. The van der Waals surface area contributed by atoms with Gasteiger partial charge in [-0.2, -0.15) is 4.31 Å². The Labute approximate surface area is 105 Å². The Morgan fingerprint density at radius 3 is 2.31 bits per heavy atom. The van der Waals surface area contributed by atoms with E-state index in [1.165, 1.54) is 4.31 Å². The van der Waals surface area contributed by atoms with Crippen molar-refractivity contribution >= 4 is 26.0 Å². The first-order valence-electron chi connectivity index (χ1n) is 4.98. The molecule has 0 fully saturated rings. The van der Waals surface area contributed by atoms with Gasteiger partial charge in [0.15, 0.2) is 0 Å². The fourth-order valence-corrected chi connectivity index (χ4v) is 3.08. The number of rotatable bonds is 5. The van der Waals surface area contributed by atoms with Crippen LogP contribution in [0.4, 0.5) is 0 Å². The van der Waals surface area contributed by atoms with Gasteiger partial charge < -0.3 is 5.73 Å². The predicted molar refractivity (Wildman–Crippen MR) is 67.6 cm³/mol. The zero-order chi connectivity index (χ0) is 12.2. The van der Waals surface area contributed by atoms with Gasteiger partial charge in [-0.25, -0.2) is 8.42 Å². The van der Waals surface area contributed by atoms with Gasteiger partial charge in [-0.15, -0.1) is 0 Å². The Morgan fingerprint density at radius 2 is 1.88 bits per heavy atom. The quantitative estimate of drug-likeness (QED) is 0.895. The first-order chi connectivity index (χ1) is 7.52. The van der Waals surface area contributed by atoms with Gasteiger partial charge in [0.2, 0.25) is 10.0 Å². The molecule has 4 nitrogen and oxygen atoms in total. The Hall–Kier alpha value is -0.430. The zero-order valence-corrected chi connectivity index (χ0v) is 11.5. The minimum Gasteiger partial charge on any atom is -0.329 e. The molecular formula is C10H15BrN2O2S. The Balaban J connectivity index is 3.04. The van der Waals surface area contributed by atoms with E-state index in [1.54, 1.807) is 31.2 Å². The third-order valence-electron chi connectivity index (χ3n) is 2.18. The average Bonchev–Trinajstić information content (AvgIpc) is 2.26. The summed E-state index contributed by atoms with van der Waals surface area (Å²) in [6, 6.07) is 6.59. The lowest BCUT2D eigenvalue weighted by Crippen LogP contribution is -2.35. The van der Waals surface area contributed by atoms with Gasteiger partial charge in [-0.05, 0) is 24.3 Å². The molecule has 6 heteroatoms. The molecule has 0 bridgehead atoms. The number of hydrogen-bond donors (Lipinski definition) is 1. The molecule has 2 N–H and O–H groups in total. The van der Waals surface area contributed by atoms with Crippen molar-refractivity contribution in [3.8, 4) is 0 Å². The second kappa shape index (κ2) is 5.77. The minimum absolute atomic E-state index is 0.297. The molecule has 0 saturated heterocycles. The maximum Gasteiger partial charge on any atom is 0.243 e. The number of likely N-dealkylation sites (N-methyl/N-ethyl adjacent to an activating group) is 1. The van der Waals surface area contributed by atoms with E-state index in [4.69, 9.17) is 5.73 Å². The molecule has 1 aromatic rings. The average molecular weight is 307 g/mol. The van der Waals surface area contributed by atoms with Crippen molar-refractivity contribution in [2.24, 2.45) is 5.73 Å². The molecule has 16 heavy (non-hydrogen) atoms. The molecule has 0 saturated carbocycles. The monoisotopic (exact) mass is 306 g/mol. The number of nitrogens with two attached hydrogens (primary N) is 1. The van der Waals surface area contributed by atoms with Crippen molar-refractivity contribution in [3.05, 3.63) is 28.7 Å². The molecule has 0 spiro atoms. The molecule has 0 aliphatic carbocycles. The van der Waals surface area contributed by atoms with Crippen LogP contribution in [0.2, 0.25) is 0 Å². The summed E-state index contributed by atoms with van der Waals surface area (Å²) in [4.78, 5) is 0.297. The SMILES string of the molecule is CCN(CCN)S(=O)(=O)c1ccc(Br)cc1. The predicted octanol–water partition coefficient (Wildman–Crippen LogP) is 1.42. The van der Waals surface area contributed by atoms with Gasteiger partial charge >= 0.3 is 0 Å². The molecular weight excluding hydrogens is 292 g/mol. The standard InChI is InChI=1S/C10H15BrN2O2S/c1-2-13(8-7-12)16(14,15)10-5-3-9(11)4-6-10/h3-6H,2,7-8,12H2,1H3. The van der Waals surface area contributed by atoms with Crippen LogP contribution in [0.15, 0.2) is 33.6 Å². The van der Waals surface area contributed by atoms with Gasteiger partial charge in [-0.1, -0.05) is 22.9 Å². The first-order valence-corrected chi connectivity index (χ1v) is 7.21. The van der Waals surface area contributed by atoms with Crippen molar-refractivity contribution in [3.63, 3.8) is 0 Å². The van der Waals surface area contributed by atoms with Gasteiger partial charge in [0.25, 0.3) is 0 Å². The van der Waals surface area contributed by atoms with E-state index in [1.807, 2.05) is 0 Å². The summed E-state index contributed by atoms with van der Waals surface area (Å²) in [5, 5.41) is 0. The van der Waals surface area contributed by atoms with E-state index < -0.39 is 10.0 Å². The number of benzene rings is 1. The summed E-state index contributed by atoms with van der Waals surface area (Å²) in [5.74, 6) is 0. The Bertz CT molecular complexity index is 431. The lowest BCUT2D eigenvalue weighted by molar-refractivity contribution is 0.435. The van der Waals surface area contributed by atoms with E-state index in [-0.39, 0.29) is 0 Å². The lowest BCUT2D eigenvalue weighted by Gasteiger charge is -2.19. The van der Waals surface area contributed by atoms with Crippen LogP contribution in [-0.4, -0.2) is 32.4 Å². The zero-order valence-electron chi connectivity index (χ0n) is 9.06. The second-order valence-corrected chi connectivity index (χ2v) is 6.09. The molecule has 0 heterocycles. The summed E-state index contributed by atoms with van der Waals surface area (Å²) in [6.45, 7) is 2.89. The molecule has 0 aliphatic heterocycles. The smallest absolute Gasteiger partial charge is 0.243 e. The number of nitrogens with zero attached hydrogens (tertiary/aromatic N) is 1. The van der Waals surface area contributed by atoms with Gasteiger partial charge in [0, 0.05) is 24.1 Å². The van der Waals surface area contributed by atoms with Crippen molar-refractivity contribution in [1.82, 2.24) is 4.31 Å². The highest BCUT2D eigenvalue weighted by atomic mass is 79.9. The topological polar surface area (TPSA) is 63.4 Å². The number of halogens is 1. The lowest BCUT2D eigenvalue weighted by atomic mass is 10.4. The maximum atomic E-state index is 12.1. The first kappa shape index (κ1) is 13.6. The second-order valence-electron chi connectivity index (χ2n) is 3.24. The van der Waals surface area contributed by atoms with Crippen molar-refractivity contribution in [1.29, 1.82) is 0 Å². The van der Waals surface area contributed by atoms with Crippen LogP contribution in [-0.2, 0) is 10.0 Å². The summed E-state index contributed by atoms with van der Waals surface area (Å²) in [7, 11) is -3.40. The molecule has 0 amide bonds. The van der Waals surface area contributed by atoms with Crippen LogP contribution in [0.1, 0.15) is 6.92 Å². The summed E-state index contributed by atoms with van der Waals surface area (Å²) < 4.78 is 26.5. The third-order valence-corrected chi connectivity index (χ3v) is 4.70. The molecule has 1 rings (SSSR count). The molecule has 0 aromatic heterocycles. The van der Waals surface area contributed by atoms with Crippen LogP contribution in [0, 0.1) is 0 Å². The third kappa shape index (κ3) is 3.04. The van der Waals surface area contributed by atoms with Crippen LogP contribution in [0.3, 0.4) is 0 Å². The summed E-state index contributed by atoms with van der Waals surface area (Å²) in [5.41, 5.74) is 5.39. The number of sulfonamides is 1. The van der Waals surface area contributed by atoms with Crippen LogP contribution in [0.5, 0.6) is 0 Å². The number of hydrogen-bond acceptors (Lipinski definition) is 3. The van der Waals surface area contributed by atoms with E-state index in [2.05, 4.69) is 15.9 Å². The minimum atomic E-state index is -3.40. The van der Waals surface area contributed by atoms with Crippen molar-refractivity contribution < 1.29 is 8.42 Å². The van der Waals surface area contributed by atoms with Crippen LogP contribution >= 0.6 is 15.9 Å². The molecule has 0 atom stereocenters. The largest absolute Gasteiger partial charge is 0.329 e. The van der Waals surface area contributed by atoms with Gasteiger partial charge in [-0.3, -0.25) is 0 Å². The molecule has 1 aromatic carbocycles. The highest BCUT2D eigenvalue weighted by Crippen LogP contribution is 2.18. The molecule has 0 unspecified atom stereocenters. The summed E-state index contributed by atoms with van der Waals surface area (Å²) >= 11 is 3.27. The van der Waals surface area contributed by atoms with E-state index in [9.17, 15) is 8.42 Å². The maximum absolute atomic E-state index is 12.1. The normalized spacial score (nSPS) is 12.0. The van der Waals surface area contributed by atoms with Crippen molar-refractivity contribution in [2.45, 2.75) is 11.8 Å². The van der Waals surface area contributed by atoms with E-state index >= 15 is 0 Å². The van der Waals surface area contributed by atoms with E-state index in [0.717, 1.165) is 4.47 Å². The fourth-order valence-electron chi connectivity index (χ4n) is 1.35. The highest BCUT2D eigenvalue weighted by molar-refractivity contribution is 9.10. The molecule has 0 radical (unpaired) electrons. The summed E-state index contributed by atoms with van der Waals surface area (Å²) in [6.07, 6.45) is 0. The van der Waals surface area contributed by atoms with Crippen LogP contribution in [0.25, 0.3) is 0 Å². The van der Waals surface area contributed by atoms with Gasteiger partial charge in [0.05, 0.1) is 4.90 Å². The Morgan fingerprint density at radius 1 is 1.31 bits per heavy atom. The Kier molecular flexibility index (Phi) is 4.91. The van der Waals surface area contributed by atoms with Crippen molar-refractivity contribution in [2.75, 3.05) is 19.6 Å². The molecule has 90 valence electrons. The van der Waals surface area contributed by atoms with E-state index in [0.29, 0.717) is 24.5 Å².